The number of quaternary nitrogens is 1. The third kappa shape index (κ3) is 4.09. The summed E-state index contributed by atoms with van der Waals surface area (Å²) in [6.07, 6.45) is 1.87. The number of likely N-dealkylation sites (tertiary alicyclic amines) is 1. The van der Waals surface area contributed by atoms with Gasteiger partial charge in [-0.15, -0.1) is 0 Å². The molecule has 28 heavy (non-hydrogen) atoms. The normalized spacial score (nSPS) is 19.6. The van der Waals surface area contributed by atoms with Crippen LogP contribution in [0.25, 0.3) is 0 Å². The molecule has 4 N–H and O–H groups in total. The molecular weight excluding hydrogens is 358 g/mol. The summed E-state index contributed by atoms with van der Waals surface area (Å²) in [6, 6.07) is 13.9. The van der Waals surface area contributed by atoms with Crippen molar-refractivity contribution in [3.8, 4) is 11.5 Å². The van der Waals surface area contributed by atoms with Gasteiger partial charge in [0.15, 0.2) is 6.04 Å². The Hall–Kier alpha value is -3.06. The molecule has 1 saturated heterocycles. The average molecular weight is 384 g/mol. The van der Waals surface area contributed by atoms with Crippen molar-refractivity contribution in [2.45, 2.75) is 24.9 Å². The number of primary amides is 1. The van der Waals surface area contributed by atoms with E-state index in [1.54, 1.807) is 14.2 Å². The van der Waals surface area contributed by atoms with E-state index in [4.69, 9.17) is 15.2 Å². The number of ether oxygens (including phenoxy) is 2. The molecule has 0 spiro atoms. The quantitative estimate of drug-likeness (QED) is 0.701. The lowest BCUT2D eigenvalue weighted by Crippen LogP contribution is -3.11. The SMILES string of the molecule is COc1ccc([C@@H]2CCC[NH+]2[C@H](C(=O)NC(N)=O)c2ccccc2)c(OC)c1. The minimum Gasteiger partial charge on any atom is -0.497 e. The molecular formula is C21H26N3O4+. The van der Waals surface area contributed by atoms with E-state index in [2.05, 4.69) is 5.32 Å². The van der Waals surface area contributed by atoms with Gasteiger partial charge in [0, 0.05) is 24.5 Å². The number of hydrogen-bond donors (Lipinski definition) is 3. The summed E-state index contributed by atoms with van der Waals surface area (Å²) >= 11 is 0. The molecule has 7 heteroatoms. The van der Waals surface area contributed by atoms with Crippen molar-refractivity contribution >= 4 is 11.9 Å². The highest BCUT2D eigenvalue weighted by atomic mass is 16.5. The number of nitrogens with two attached hydrogens (primary N) is 1. The van der Waals surface area contributed by atoms with Crippen LogP contribution in [0.15, 0.2) is 48.5 Å². The van der Waals surface area contributed by atoms with Gasteiger partial charge in [-0.05, 0) is 12.1 Å². The number of imide groups is 1. The number of urea groups is 1. The first-order valence-corrected chi connectivity index (χ1v) is 9.28. The fourth-order valence-electron chi connectivity index (χ4n) is 4.05. The van der Waals surface area contributed by atoms with E-state index in [-0.39, 0.29) is 6.04 Å². The number of benzene rings is 2. The standard InChI is InChI=1S/C21H25N3O4/c1-27-15-10-11-16(18(13-15)28-2)17-9-6-12-24(17)19(20(25)23-21(22)26)14-7-4-3-5-8-14/h3-5,7-8,10-11,13,17,19H,6,9,12H2,1-2H3,(H3,22,23,25,26)/p+1/t17-,19-/m0/s1. The molecule has 3 amide bonds. The summed E-state index contributed by atoms with van der Waals surface area (Å²) in [4.78, 5) is 25.3. The van der Waals surface area contributed by atoms with Gasteiger partial charge < -0.3 is 20.1 Å². The van der Waals surface area contributed by atoms with Crippen LogP contribution in [-0.2, 0) is 4.79 Å². The number of amides is 3. The van der Waals surface area contributed by atoms with Gasteiger partial charge in [-0.3, -0.25) is 10.1 Å². The number of hydrogen-bond acceptors (Lipinski definition) is 4. The molecule has 3 rings (SSSR count). The minimum absolute atomic E-state index is 0.0460. The number of methoxy groups -OCH3 is 2. The van der Waals surface area contributed by atoms with Crippen molar-refractivity contribution in [2.24, 2.45) is 5.73 Å². The van der Waals surface area contributed by atoms with Crippen molar-refractivity contribution in [1.29, 1.82) is 0 Å². The molecule has 0 aliphatic carbocycles. The molecule has 1 heterocycles. The van der Waals surface area contributed by atoms with Crippen LogP contribution < -0.4 is 25.4 Å². The first kappa shape index (κ1) is 19.7. The summed E-state index contributed by atoms with van der Waals surface area (Å²) in [5.74, 6) is 1.05. The molecule has 2 aromatic rings. The smallest absolute Gasteiger partial charge is 0.319 e. The maximum atomic E-state index is 12.9. The number of carbonyl (C=O) groups is 2. The topological polar surface area (TPSA) is 95.1 Å². The van der Waals surface area contributed by atoms with E-state index >= 15 is 0 Å². The van der Waals surface area contributed by atoms with E-state index in [0.717, 1.165) is 41.2 Å². The molecule has 2 aromatic carbocycles. The summed E-state index contributed by atoms with van der Waals surface area (Å²) in [7, 11) is 3.24. The Labute approximate surface area is 164 Å². The largest absolute Gasteiger partial charge is 0.497 e. The highest BCUT2D eigenvalue weighted by Crippen LogP contribution is 2.33. The molecule has 1 unspecified atom stereocenters. The van der Waals surface area contributed by atoms with Crippen molar-refractivity contribution in [2.75, 3.05) is 20.8 Å². The fraction of sp³-hybridized carbons (Fsp3) is 0.333. The van der Waals surface area contributed by atoms with Gasteiger partial charge in [0.1, 0.15) is 17.5 Å². The Bertz CT molecular complexity index is 841. The monoisotopic (exact) mass is 384 g/mol. The molecule has 1 fully saturated rings. The lowest BCUT2D eigenvalue weighted by molar-refractivity contribution is -0.940. The second kappa shape index (κ2) is 8.75. The van der Waals surface area contributed by atoms with Gasteiger partial charge in [0.2, 0.25) is 0 Å². The number of nitrogens with one attached hydrogen (secondary N) is 2. The molecule has 148 valence electrons. The van der Waals surface area contributed by atoms with Gasteiger partial charge in [-0.1, -0.05) is 30.3 Å². The van der Waals surface area contributed by atoms with E-state index < -0.39 is 18.0 Å². The van der Waals surface area contributed by atoms with E-state index in [1.165, 1.54) is 0 Å². The number of rotatable bonds is 6. The molecule has 0 radical (unpaired) electrons. The second-order valence-corrected chi connectivity index (χ2v) is 6.82. The predicted molar refractivity (Wildman–Crippen MR) is 104 cm³/mol. The van der Waals surface area contributed by atoms with Gasteiger partial charge in [-0.2, -0.15) is 0 Å². The average Bonchev–Trinajstić information content (AvgIpc) is 3.16. The maximum Gasteiger partial charge on any atom is 0.319 e. The zero-order chi connectivity index (χ0) is 20.1. The molecule has 7 nitrogen and oxygen atoms in total. The van der Waals surface area contributed by atoms with Crippen molar-refractivity contribution in [3.05, 3.63) is 59.7 Å². The Morgan fingerprint density at radius 1 is 1.14 bits per heavy atom. The fourth-order valence-corrected chi connectivity index (χ4v) is 4.05. The zero-order valence-electron chi connectivity index (χ0n) is 16.1. The van der Waals surface area contributed by atoms with Crippen LogP contribution in [0.5, 0.6) is 11.5 Å². The van der Waals surface area contributed by atoms with Crippen LogP contribution in [0.3, 0.4) is 0 Å². The van der Waals surface area contributed by atoms with E-state index in [9.17, 15) is 9.59 Å². The highest BCUT2D eigenvalue weighted by Gasteiger charge is 2.42. The van der Waals surface area contributed by atoms with Crippen LogP contribution in [0.1, 0.15) is 36.1 Å². The second-order valence-electron chi connectivity index (χ2n) is 6.82. The molecule has 0 aromatic heterocycles. The van der Waals surface area contributed by atoms with Crippen molar-refractivity contribution in [3.63, 3.8) is 0 Å². The van der Waals surface area contributed by atoms with Gasteiger partial charge in [-0.25, -0.2) is 4.79 Å². The molecule has 1 aliphatic rings. The lowest BCUT2D eigenvalue weighted by Gasteiger charge is -2.30. The highest BCUT2D eigenvalue weighted by molar-refractivity contribution is 5.96. The Morgan fingerprint density at radius 3 is 2.54 bits per heavy atom. The first-order chi connectivity index (χ1) is 13.5. The van der Waals surface area contributed by atoms with Gasteiger partial charge in [0.25, 0.3) is 5.91 Å². The third-order valence-electron chi connectivity index (χ3n) is 5.23. The minimum atomic E-state index is -0.844. The van der Waals surface area contributed by atoms with Crippen molar-refractivity contribution in [1.82, 2.24) is 5.32 Å². The van der Waals surface area contributed by atoms with E-state index in [1.807, 2.05) is 48.5 Å². The van der Waals surface area contributed by atoms with Crippen LogP contribution in [-0.4, -0.2) is 32.7 Å². The lowest BCUT2D eigenvalue weighted by atomic mass is 9.98. The summed E-state index contributed by atoms with van der Waals surface area (Å²) < 4.78 is 10.9. The van der Waals surface area contributed by atoms with Crippen LogP contribution in [0.2, 0.25) is 0 Å². The molecule has 0 bridgehead atoms. The van der Waals surface area contributed by atoms with Crippen molar-refractivity contribution < 1.29 is 24.0 Å². The van der Waals surface area contributed by atoms with Gasteiger partial charge in [0.05, 0.1) is 26.3 Å². The third-order valence-corrected chi connectivity index (χ3v) is 5.23. The zero-order valence-corrected chi connectivity index (χ0v) is 16.1. The summed E-state index contributed by atoms with van der Waals surface area (Å²) in [5.41, 5.74) is 7.08. The molecule has 3 atom stereocenters. The molecule has 0 saturated carbocycles. The maximum absolute atomic E-state index is 12.9. The Morgan fingerprint density at radius 2 is 1.89 bits per heavy atom. The Balaban J connectivity index is 2.00. The van der Waals surface area contributed by atoms with E-state index in [0.29, 0.717) is 5.75 Å². The first-order valence-electron chi connectivity index (χ1n) is 9.28. The summed E-state index contributed by atoms with van der Waals surface area (Å²) in [5, 5.41) is 2.26. The summed E-state index contributed by atoms with van der Waals surface area (Å²) in [6.45, 7) is 0.797. The van der Waals surface area contributed by atoms with Crippen LogP contribution in [0.4, 0.5) is 4.79 Å². The number of carbonyl (C=O) groups excluding carboxylic acids is 2. The predicted octanol–water partition coefficient (Wildman–Crippen LogP) is 1.36. The van der Waals surface area contributed by atoms with Crippen LogP contribution in [0, 0.1) is 0 Å². The molecule has 1 aliphatic heterocycles. The Kier molecular flexibility index (Phi) is 6.16. The van der Waals surface area contributed by atoms with Crippen LogP contribution >= 0.6 is 0 Å². The van der Waals surface area contributed by atoms with Gasteiger partial charge >= 0.3 is 6.03 Å².